The van der Waals surface area contributed by atoms with Gasteiger partial charge < -0.3 is 0 Å². The molecular formula is C8H15O3S. The van der Waals surface area contributed by atoms with Crippen LogP contribution in [0.5, 0.6) is 0 Å². The lowest BCUT2D eigenvalue weighted by atomic mass is 10.2. The SMILES string of the molecule is [CH]=CCCCCCCS(=O)(=O)O. The van der Waals surface area contributed by atoms with Crippen LogP contribution >= 0.6 is 0 Å². The molecule has 0 amide bonds. The molecule has 0 aromatic heterocycles. The van der Waals surface area contributed by atoms with Gasteiger partial charge in [0.05, 0.1) is 5.75 Å². The third kappa shape index (κ3) is 9.65. The van der Waals surface area contributed by atoms with Crippen LogP contribution in [0.15, 0.2) is 6.08 Å². The number of unbranched alkanes of at least 4 members (excludes halogenated alkanes) is 4. The van der Waals surface area contributed by atoms with E-state index in [9.17, 15) is 8.42 Å². The summed E-state index contributed by atoms with van der Waals surface area (Å²) >= 11 is 0. The molecule has 3 nitrogen and oxygen atoms in total. The van der Waals surface area contributed by atoms with Gasteiger partial charge in [0.15, 0.2) is 0 Å². The van der Waals surface area contributed by atoms with Crippen molar-refractivity contribution in [3.8, 4) is 0 Å². The summed E-state index contributed by atoms with van der Waals surface area (Å²) in [6.07, 6.45) is 5.77. The molecule has 0 saturated heterocycles. The van der Waals surface area contributed by atoms with Gasteiger partial charge >= 0.3 is 0 Å². The first-order valence-electron chi connectivity index (χ1n) is 4.05. The Hall–Kier alpha value is -0.350. The van der Waals surface area contributed by atoms with Crippen LogP contribution in [0.25, 0.3) is 0 Å². The van der Waals surface area contributed by atoms with E-state index in [1.807, 2.05) is 0 Å². The van der Waals surface area contributed by atoms with Gasteiger partial charge in [0, 0.05) is 0 Å². The van der Waals surface area contributed by atoms with Crippen molar-refractivity contribution in [3.05, 3.63) is 12.7 Å². The van der Waals surface area contributed by atoms with Crippen LogP contribution in [-0.4, -0.2) is 18.7 Å². The highest BCUT2D eigenvalue weighted by molar-refractivity contribution is 7.85. The summed E-state index contributed by atoms with van der Waals surface area (Å²) in [5.74, 6) is -0.126. The Morgan fingerprint density at radius 2 is 1.75 bits per heavy atom. The van der Waals surface area contributed by atoms with Crippen LogP contribution in [0.3, 0.4) is 0 Å². The molecule has 0 aliphatic carbocycles. The van der Waals surface area contributed by atoms with Gasteiger partial charge in [-0.1, -0.05) is 25.5 Å². The first-order chi connectivity index (χ1) is 5.56. The Kier molecular flexibility index (Phi) is 6.02. The maximum atomic E-state index is 10.2. The lowest BCUT2D eigenvalue weighted by Gasteiger charge is -1.97. The van der Waals surface area contributed by atoms with Crippen LogP contribution in [0.4, 0.5) is 0 Å². The zero-order valence-corrected chi connectivity index (χ0v) is 7.89. The van der Waals surface area contributed by atoms with Crippen molar-refractivity contribution < 1.29 is 13.0 Å². The Bertz CT molecular complexity index is 206. The van der Waals surface area contributed by atoms with Gasteiger partial charge in [-0.15, -0.1) is 0 Å². The smallest absolute Gasteiger partial charge is 0.264 e. The Morgan fingerprint density at radius 1 is 1.17 bits per heavy atom. The van der Waals surface area contributed by atoms with Gasteiger partial charge in [-0.25, -0.2) is 0 Å². The van der Waals surface area contributed by atoms with E-state index in [-0.39, 0.29) is 5.75 Å². The molecule has 0 bridgehead atoms. The lowest BCUT2D eigenvalue weighted by Crippen LogP contribution is -2.03. The van der Waals surface area contributed by atoms with Crippen molar-refractivity contribution in [2.24, 2.45) is 0 Å². The molecular weight excluding hydrogens is 176 g/mol. The second-order valence-corrected chi connectivity index (χ2v) is 4.30. The van der Waals surface area contributed by atoms with Gasteiger partial charge in [0.2, 0.25) is 0 Å². The minimum absolute atomic E-state index is 0.126. The molecule has 0 aromatic rings. The van der Waals surface area contributed by atoms with Crippen LogP contribution in [0.2, 0.25) is 0 Å². The van der Waals surface area contributed by atoms with E-state index in [1.165, 1.54) is 0 Å². The molecule has 12 heavy (non-hydrogen) atoms. The molecule has 1 radical (unpaired) electrons. The molecule has 0 aliphatic rings. The average molecular weight is 191 g/mol. The van der Waals surface area contributed by atoms with E-state index in [0.29, 0.717) is 6.42 Å². The summed E-state index contributed by atoms with van der Waals surface area (Å²) in [4.78, 5) is 0. The van der Waals surface area contributed by atoms with Gasteiger partial charge in [-0.3, -0.25) is 4.55 Å². The van der Waals surface area contributed by atoms with Crippen molar-refractivity contribution in [2.45, 2.75) is 32.1 Å². The second kappa shape index (κ2) is 6.20. The molecule has 0 atom stereocenters. The largest absolute Gasteiger partial charge is 0.286 e. The number of allylic oxidation sites excluding steroid dienone is 1. The molecule has 0 fully saturated rings. The standard InChI is InChI=1S/C8H15O3S/c1-2-3-4-5-6-7-8-12(9,10)11/h1-2H,3-8H2,(H,9,10,11). The van der Waals surface area contributed by atoms with E-state index in [4.69, 9.17) is 11.1 Å². The Labute approximate surface area is 74.2 Å². The van der Waals surface area contributed by atoms with E-state index in [2.05, 4.69) is 0 Å². The zero-order valence-electron chi connectivity index (χ0n) is 7.07. The summed E-state index contributed by atoms with van der Waals surface area (Å²) in [6, 6.07) is 0. The van der Waals surface area contributed by atoms with E-state index < -0.39 is 10.1 Å². The normalized spacial score (nSPS) is 11.4. The molecule has 0 rings (SSSR count). The van der Waals surface area contributed by atoms with Crippen molar-refractivity contribution in [2.75, 3.05) is 5.75 Å². The molecule has 1 N–H and O–H groups in total. The maximum absolute atomic E-state index is 10.2. The maximum Gasteiger partial charge on any atom is 0.264 e. The number of rotatable bonds is 7. The monoisotopic (exact) mass is 191 g/mol. The minimum Gasteiger partial charge on any atom is -0.286 e. The topological polar surface area (TPSA) is 54.4 Å². The molecule has 0 unspecified atom stereocenters. The Morgan fingerprint density at radius 3 is 2.25 bits per heavy atom. The summed E-state index contributed by atoms with van der Waals surface area (Å²) in [7, 11) is -3.75. The van der Waals surface area contributed by atoms with Gasteiger partial charge in [0.1, 0.15) is 0 Å². The van der Waals surface area contributed by atoms with Crippen LogP contribution in [-0.2, 0) is 10.1 Å². The molecule has 71 valence electrons. The van der Waals surface area contributed by atoms with Crippen LogP contribution in [0, 0.1) is 6.58 Å². The highest BCUT2D eigenvalue weighted by Crippen LogP contribution is 2.04. The quantitative estimate of drug-likeness (QED) is 0.493. The molecule has 0 saturated carbocycles. The molecule has 0 heterocycles. The minimum atomic E-state index is -3.75. The summed E-state index contributed by atoms with van der Waals surface area (Å²) < 4.78 is 28.9. The van der Waals surface area contributed by atoms with Gasteiger partial charge in [-0.2, -0.15) is 8.42 Å². The van der Waals surface area contributed by atoms with E-state index >= 15 is 0 Å². The molecule has 0 spiro atoms. The van der Waals surface area contributed by atoms with Crippen molar-refractivity contribution >= 4 is 10.1 Å². The lowest BCUT2D eigenvalue weighted by molar-refractivity contribution is 0.479. The van der Waals surface area contributed by atoms with E-state index in [1.54, 1.807) is 6.08 Å². The first kappa shape index (κ1) is 11.6. The predicted molar refractivity (Wildman–Crippen MR) is 48.4 cm³/mol. The highest BCUT2D eigenvalue weighted by Gasteiger charge is 2.02. The molecule has 4 heteroatoms. The molecule has 0 aliphatic heterocycles. The Balaban J connectivity index is 3.17. The third-order valence-electron chi connectivity index (χ3n) is 1.52. The van der Waals surface area contributed by atoms with Crippen LogP contribution in [0.1, 0.15) is 32.1 Å². The van der Waals surface area contributed by atoms with Gasteiger partial charge in [0.25, 0.3) is 10.1 Å². The van der Waals surface area contributed by atoms with Crippen molar-refractivity contribution in [3.63, 3.8) is 0 Å². The first-order valence-corrected chi connectivity index (χ1v) is 5.66. The fourth-order valence-corrected chi connectivity index (χ4v) is 1.47. The van der Waals surface area contributed by atoms with Crippen LogP contribution < -0.4 is 0 Å². The second-order valence-electron chi connectivity index (χ2n) is 2.72. The predicted octanol–water partition coefficient (Wildman–Crippen LogP) is 1.81. The fraction of sp³-hybridized carbons (Fsp3) is 0.750. The van der Waals surface area contributed by atoms with Crippen molar-refractivity contribution in [1.82, 2.24) is 0 Å². The summed E-state index contributed by atoms with van der Waals surface area (Å²) in [5, 5.41) is 0. The zero-order chi connectivity index (χ0) is 9.45. The van der Waals surface area contributed by atoms with Gasteiger partial charge in [-0.05, 0) is 19.3 Å². The third-order valence-corrected chi connectivity index (χ3v) is 2.33. The summed E-state index contributed by atoms with van der Waals surface area (Å²) in [5.41, 5.74) is 0. The molecule has 0 aromatic carbocycles. The number of hydrogen-bond donors (Lipinski definition) is 1. The van der Waals surface area contributed by atoms with Crippen molar-refractivity contribution in [1.29, 1.82) is 0 Å². The fourth-order valence-electron chi connectivity index (χ4n) is 0.900. The summed E-state index contributed by atoms with van der Waals surface area (Å²) in [6.45, 7) is 5.15. The van der Waals surface area contributed by atoms with E-state index in [0.717, 1.165) is 25.7 Å². The number of hydrogen-bond acceptors (Lipinski definition) is 2. The highest BCUT2D eigenvalue weighted by atomic mass is 32.2. The average Bonchev–Trinajstić information content (AvgIpc) is 1.94.